The molecule has 2 rings (SSSR count). The minimum Gasteiger partial charge on any atom is -0.493 e. The molecule has 0 saturated carbocycles. The van der Waals surface area contributed by atoms with Crippen molar-refractivity contribution in [3.8, 4) is 11.5 Å². The first-order valence-corrected chi connectivity index (χ1v) is 8.01. The molecule has 1 atom stereocenters. The number of rotatable bonds is 4. The maximum Gasteiger partial charge on any atom is 0.246 e. The van der Waals surface area contributed by atoms with E-state index in [-0.39, 0.29) is 24.1 Å². The molecular formula is C13H19FN2O4S. The monoisotopic (exact) mass is 318 g/mol. The van der Waals surface area contributed by atoms with Gasteiger partial charge in [0.2, 0.25) is 10.0 Å². The fourth-order valence-electron chi connectivity index (χ4n) is 2.36. The van der Waals surface area contributed by atoms with Crippen LogP contribution in [0.4, 0.5) is 4.39 Å². The molecule has 0 amide bonds. The molecule has 1 aromatic carbocycles. The number of methoxy groups -OCH3 is 2. The van der Waals surface area contributed by atoms with Gasteiger partial charge in [-0.2, -0.15) is 4.31 Å². The first kappa shape index (κ1) is 16.0. The summed E-state index contributed by atoms with van der Waals surface area (Å²) in [6, 6.07) is 1.93. The van der Waals surface area contributed by atoms with Gasteiger partial charge in [-0.1, -0.05) is 0 Å². The molecule has 0 bridgehead atoms. The Morgan fingerprint density at radius 2 is 1.90 bits per heavy atom. The van der Waals surface area contributed by atoms with Crippen LogP contribution >= 0.6 is 0 Å². The van der Waals surface area contributed by atoms with Crippen molar-refractivity contribution < 1.29 is 22.3 Å². The topological polar surface area (TPSA) is 81.9 Å². The summed E-state index contributed by atoms with van der Waals surface area (Å²) >= 11 is 0. The standard InChI is InChI=1S/C13H19FN2O4S/c1-19-11-6-10(14)13(7-12(11)20-2)21(17,18)16-5-3-4-9(15)8-16/h6-7,9H,3-5,8,15H2,1-2H3/t9-/m0/s1. The Balaban J connectivity index is 2.44. The summed E-state index contributed by atoms with van der Waals surface area (Å²) in [6.07, 6.45) is 1.43. The highest BCUT2D eigenvalue weighted by atomic mass is 32.2. The van der Waals surface area contributed by atoms with Gasteiger partial charge in [0.25, 0.3) is 0 Å². The van der Waals surface area contributed by atoms with E-state index in [1.165, 1.54) is 18.5 Å². The lowest BCUT2D eigenvalue weighted by Crippen LogP contribution is -2.45. The molecule has 1 heterocycles. The van der Waals surface area contributed by atoms with E-state index in [0.717, 1.165) is 18.6 Å². The molecular weight excluding hydrogens is 299 g/mol. The fraction of sp³-hybridized carbons (Fsp3) is 0.538. The van der Waals surface area contributed by atoms with Crippen molar-refractivity contribution in [1.29, 1.82) is 0 Å². The predicted octanol–water partition coefficient (Wildman–Crippen LogP) is 0.955. The number of nitrogens with two attached hydrogens (primary N) is 1. The number of nitrogens with zero attached hydrogens (tertiary/aromatic N) is 1. The van der Waals surface area contributed by atoms with Crippen molar-refractivity contribution in [1.82, 2.24) is 4.31 Å². The van der Waals surface area contributed by atoms with Crippen molar-refractivity contribution in [2.45, 2.75) is 23.8 Å². The predicted molar refractivity (Wildman–Crippen MR) is 75.5 cm³/mol. The Morgan fingerprint density at radius 1 is 1.29 bits per heavy atom. The Labute approximate surface area is 123 Å². The average molecular weight is 318 g/mol. The van der Waals surface area contributed by atoms with Crippen molar-refractivity contribution in [2.75, 3.05) is 27.3 Å². The highest BCUT2D eigenvalue weighted by Gasteiger charge is 2.32. The van der Waals surface area contributed by atoms with Crippen molar-refractivity contribution >= 4 is 10.0 Å². The zero-order chi connectivity index (χ0) is 15.6. The van der Waals surface area contributed by atoms with Crippen LogP contribution in [0.1, 0.15) is 12.8 Å². The molecule has 1 aliphatic rings. The van der Waals surface area contributed by atoms with Crippen molar-refractivity contribution in [2.24, 2.45) is 5.73 Å². The lowest BCUT2D eigenvalue weighted by atomic mass is 10.1. The van der Waals surface area contributed by atoms with Gasteiger partial charge < -0.3 is 15.2 Å². The van der Waals surface area contributed by atoms with Crippen LogP contribution in [0.2, 0.25) is 0 Å². The molecule has 1 saturated heterocycles. The minimum atomic E-state index is -3.94. The fourth-order valence-corrected chi connectivity index (χ4v) is 3.96. The molecule has 1 aliphatic heterocycles. The molecule has 0 radical (unpaired) electrons. The van der Waals surface area contributed by atoms with Crippen LogP contribution in [0, 0.1) is 5.82 Å². The summed E-state index contributed by atoms with van der Waals surface area (Å²) < 4.78 is 50.4. The third-order valence-electron chi connectivity index (χ3n) is 3.48. The number of hydrogen-bond acceptors (Lipinski definition) is 5. The smallest absolute Gasteiger partial charge is 0.246 e. The van der Waals surface area contributed by atoms with Gasteiger partial charge in [0, 0.05) is 31.3 Å². The van der Waals surface area contributed by atoms with Crippen LogP contribution in [0.25, 0.3) is 0 Å². The van der Waals surface area contributed by atoms with Gasteiger partial charge in [-0.25, -0.2) is 12.8 Å². The summed E-state index contributed by atoms with van der Waals surface area (Å²) in [5, 5.41) is 0. The molecule has 21 heavy (non-hydrogen) atoms. The van der Waals surface area contributed by atoms with Crippen LogP contribution in [-0.4, -0.2) is 46.1 Å². The van der Waals surface area contributed by atoms with Gasteiger partial charge in [-0.05, 0) is 12.8 Å². The second-order valence-corrected chi connectivity index (χ2v) is 6.81. The highest BCUT2D eigenvalue weighted by molar-refractivity contribution is 7.89. The number of benzene rings is 1. The van der Waals surface area contributed by atoms with E-state index in [0.29, 0.717) is 13.0 Å². The van der Waals surface area contributed by atoms with Gasteiger partial charge in [0.05, 0.1) is 14.2 Å². The number of halogens is 1. The lowest BCUT2D eigenvalue weighted by molar-refractivity contribution is 0.314. The first-order valence-electron chi connectivity index (χ1n) is 6.57. The van der Waals surface area contributed by atoms with Gasteiger partial charge >= 0.3 is 0 Å². The number of hydrogen-bond donors (Lipinski definition) is 1. The van der Waals surface area contributed by atoms with Crippen LogP contribution in [0.15, 0.2) is 17.0 Å². The maximum absolute atomic E-state index is 14.1. The molecule has 2 N–H and O–H groups in total. The molecule has 8 heteroatoms. The normalized spacial score (nSPS) is 20.3. The van der Waals surface area contributed by atoms with Crippen LogP contribution < -0.4 is 15.2 Å². The molecule has 0 aromatic heterocycles. The van der Waals surface area contributed by atoms with Crippen LogP contribution in [0.3, 0.4) is 0 Å². The second-order valence-electron chi connectivity index (χ2n) is 4.90. The van der Waals surface area contributed by atoms with E-state index in [2.05, 4.69) is 0 Å². The Morgan fingerprint density at radius 3 is 2.48 bits per heavy atom. The molecule has 118 valence electrons. The largest absolute Gasteiger partial charge is 0.493 e. The SMILES string of the molecule is COc1cc(F)c(S(=O)(=O)N2CCC[C@H](N)C2)cc1OC. The van der Waals surface area contributed by atoms with Gasteiger partial charge in [-0.3, -0.25) is 0 Å². The molecule has 0 unspecified atom stereocenters. The minimum absolute atomic E-state index is 0.143. The lowest BCUT2D eigenvalue weighted by Gasteiger charge is -2.30. The zero-order valence-electron chi connectivity index (χ0n) is 12.0. The van der Waals surface area contributed by atoms with Gasteiger partial charge in [0.15, 0.2) is 11.5 Å². The number of sulfonamides is 1. The summed E-state index contributed by atoms with van der Waals surface area (Å²) in [5.74, 6) is -0.560. The number of ether oxygens (including phenoxy) is 2. The number of piperidine rings is 1. The van der Waals surface area contributed by atoms with E-state index in [9.17, 15) is 12.8 Å². The first-order chi connectivity index (χ1) is 9.90. The second kappa shape index (κ2) is 6.17. The third kappa shape index (κ3) is 3.12. The van der Waals surface area contributed by atoms with Gasteiger partial charge in [0.1, 0.15) is 10.7 Å². The van der Waals surface area contributed by atoms with E-state index >= 15 is 0 Å². The Kier molecular flexibility index (Phi) is 4.70. The quantitative estimate of drug-likeness (QED) is 0.894. The molecule has 0 aliphatic carbocycles. The Bertz CT molecular complexity index is 621. The molecule has 0 spiro atoms. The summed E-state index contributed by atoms with van der Waals surface area (Å²) in [4.78, 5) is -0.422. The van der Waals surface area contributed by atoms with E-state index in [1.54, 1.807) is 0 Å². The molecule has 6 nitrogen and oxygen atoms in total. The van der Waals surface area contributed by atoms with Crippen molar-refractivity contribution in [3.05, 3.63) is 17.9 Å². The third-order valence-corrected chi connectivity index (χ3v) is 5.36. The Hall–Kier alpha value is -1.38. The maximum atomic E-state index is 14.1. The van der Waals surface area contributed by atoms with Gasteiger partial charge in [-0.15, -0.1) is 0 Å². The van der Waals surface area contributed by atoms with E-state index < -0.39 is 20.7 Å². The highest BCUT2D eigenvalue weighted by Crippen LogP contribution is 2.33. The summed E-state index contributed by atoms with van der Waals surface area (Å²) in [6.45, 7) is 0.528. The molecule has 1 fully saturated rings. The average Bonchev–Trinajstić information content (AvgIpc) is 2.46. The van der Waals surface area contributed by atoms with Crippen LogP contribution in [0.5, 0.6) is 11.5 Å². The zero-order valence-corrected chi connectivity index (χ0v) is 12.8. The summed E-state index contributed by atoms with van der Waals surface area (Å²) in [5.41, 5.74) is 5.80. The van der Waals surface area contributed by atoms with E-state index in [4.69, 9.17) is 15.2 Å². The summed E-state index contributed by atoms with van der Waals surface area (Å²) in [7, 11) is -1.22. The van der Waals surface area contributed by atoms with Crippen LogP contribution in [-0.2, 0) is 10.0 Å². The van der Waals surface area contributed by atoms with E-state index in [1.807, 2.05) is 0 Å². The molecule has 1 aromatic rings. The van der Waals surface area contributed by atoms with Crippen molar-refractivity contribution in [3.63, 3.8) is 0 Å².